The second-order valence-electron chi connectivity index (χ2n) is 5.71. The van der Waals surface area contributed by atoms with Crippen molar-refractivity contribution >= 4 is 39.1 Å². The Kier molecular flexibility index (Phi) is 5.82. The summed E-state index contributed by atoms with van der Waals surface area (Å²) in [6, 6.07) is 5.06. The first-order chi connectivity index (χ1) is 13.5. The van der Waals surface area contributed by atoms with Gasteiger partial charge in [0.15, 0.2) is 10.6 Å². The summed E-state index contributed by atoms with van der Waals surface area (Å²) < 4.78 is 67.3. The van der Waals surface area contributed by atoms with Gasteiger partial charge in [-0.1, -0.05) is 28.4 Å². The van der Waals surface area contributed by atoms with E-state index in [4.69, 9.17) is 23.2 Å². The van der Waals surface area contributed by atoms with Crippen LogP contribution in [0.1, 0.15) is 16.1 Å². The number of hydrogen-bond donors (Lipinski definition) is 1. The summed E-state index contributed by atoms with van der Waals surface area (Å²) in [6.07, 6.45) is 1.11. The molecule has 1 N–H and O–H groups in total. The third-order valence-corrected chi connectivity index (χ3v) is 5.32. The van der Waals surface area contributed by atoms with Gasteiger partial charge in [-0.25, -0.2) is 31.0 Å². The second kappa shape index (κ2) is 8.01. The van der Waals surface area contributed by atoms with E-state index < -0.39 is 44.0 Å². The summed E-state index contributed by atoms with van der Waals surface area (Å²) in [5, 5.41) is 7.94. The molecule has 29 heavy (non-hydrogen) atoms. The van der Waals surface area contributed by atoms with Crippen LogP contribution in [0.4, 0.5) is 13.2 Å². The fraction of sp³-hybridized carbons (Fsp3) is 0.0625. The lowest BCUT2D eigenvalue weighted by Crippen LogP contribution is -2.32. The Labute approximate surface area is 172 Å². The number of carbonyl (C=O) groups excluding carboxylic acids is 1. The lowest BCUT2D eigenvalue weighted by molar-refractivity contribution is 0.0976. The number of benzene rings is 2. The molecule has 3 rings (SSSR count). The molecule has 0 unspecified atom stereocenters. The molecule has 0 saturated heterocycles. The van der Waals surface area contributed by atoms with Crippen molar-refractivity contribution in [2.45, 2.75) is 11.4 Å². The zero-order valence-corrected chi connectivity index (χ0v) is 16.4. The molecule has 3 aromatic rings. The van der Waals surface area contributed by atoms with Crippen molar-refractivity contribution in [2.75, 3.05) is 0 Å². The van der Waals surface area contributed by atoms with Gasteiger partial charge in [0, 0.05) is 22.2 Å². The summed E-state index contributed by atoms with van der Waals surface area (Å²) >= 11 is 11.8. The van der Waals surface area contributed by atoms with Crippen LogP contribution in [0, 0.1) is 17.5 Å². The Morgan fingerprint density at radius 2 is 1.62 bits per heavy atom. The zero-order valence-electron chi connectivity index (χ0n) is 14.0. The number of halogens is 5. The van der Waals surface area contributed by atoms with Gasteiger partial charge in [-0.2, -0.15) is 0 Å². The molecule has 0 fully saturated rings. The minimum Gasteiger partial charge on any atom is -0.266 e. The maximum atomic E-state index is 13.7. The number of amides is 1. The molecule has 0 aliphatic carbocycles. The average Bonchev–Trinajstić information content (AvgIpc) is 3.00. The van der Waals surface area contributed by atoms with Crippen molar-refractivity contribution in [3.63, 3.8) is 0 Å². The number of nitrogens with zero attached hydrogens (tertiary/aromatic N) is 3. The second-order valence-corrected chi connectivity index (χ2v) is 8.20. The van der Waals surface area contributed by atoms with Crippen LogP contribution < -0.4 is 4.72 Å². The number of hydrogen-bond acceptors (Lipinski definition) is 5. The van der Waals surface area contributed by atoms with Crippen molar-refractivity contribution in [2.24, 2.45) is 0 Å². The standard InChI is InChI=1S/C16H9Cl2F3N4O3S/c17-9-1-8(2-10(18)3-9)6-25-7-14(22-24-25)16(26)23-29(27,28)15-12(20)4-11(19)5-13(15)21/h1-5,7H,6H2,(H,23,26). The molecule has 0 radical (unpaired) electrons. The Morgan fingerprint density at radius 3 is 2.21 bits per heavy atom. The van der Waals surface area contributed by atoms with Gasteiger partial charge in [-0.05, 0) is 23.8 Å². The van der Waals surface area contributed by atoms with Gasteiger partial charge in [0.2, 0.25) is 0 Å². The van der Waals surface area contributed by atoms with E-state index in [1.54, 1.807) is 12.1 Å². The summed E-state index contributed by atoms with van der Waals surface area (Å²) in [6.45, 7) is 0.106. The highest BCUT2D eigenvalue weighted by atomic mass is 35.5. The number of rotatable bonds is 5. The first-order valence-corrected chi connectivity index (χ1v) is 9.86. The quantitative estimate of drug-likeness (QED) is 0.625. The summed E-state index contributed by atoms with van der Waals surface area (Å²) in [5.41, 5.74) is 0.187. The molecule has 0 bridgehead atoms. The number of carbonyl (C=O) groups is 1. The highest BCUT2D eigenvalue weighted by Crippen LogP contribution is 2.21. The normalized spacial score (nSPS) is 11.5. The van der Waals surface area contributed by atoms with Crippen LogP contribution in [-0.4, -0.2) is 29.3 Å². The Bertz CT molecular complexity index is 1170. The predicted octanol–water partition coefficient (Wildman–Crippen LogP) is 3.17. The van der Waals surface area contributed by atoms with Crippen molar-refractivity contribution in [1.29, 1.82) is 0 Å². The molecule has 1 heterocycles. The molecule has 152 valence electrons. The molecular weight excluding hydrogens is 456 g/mol. The highest BCUT2D eigenvalue weighted by molar-refractivity contribution is 7.90. The lowest BCUT2D eigenvalue weighted by atomic mass is 10.2. The van der Waals surface area contributed by atoms with E-state index in [9.17, 15) is 26.4 Å². The molecule has 2 aromatic carbocycles. The number of sulfonamides is 1. The van der Waals surface area contributed by atoms with Crippen LogP contribution in [-0.2, 0) is 16.6 Å². The van der Waals surface area contributed by atoms with Crippen LogP contribution in [0.3, 0.4) is 0 Å². The van der Waals surface area contributed by atoms with Crippen molar-refractivity contribution in [1.82, 2.24) is 19.7 Å². The number of nitrogens with one attached hydrogen (secondary N) is 1. The predicted molar refractivity (Wildman–Crippen MR) is 96.6 cm³/mol. The van der Waals surface area contributed by atoms with Crippen LogP contribution in [0.15, 0.2) is 41.4 Å². The van der Waals surface area contributed by atoms with Gasteiger partial charge in [0.05, 0.1) is 12.7 Å². The van der Waals surface area contributed by atoms with E-state index in [2.05, 4.69) is 10.3 Å². The first-order valence-electron chi connectivity index (χ1n) is 7.62. The summed E-state index contributed by atoms with van der Waals surface area (Å²) in [5.74, 6) is -5.98. The van der Waals surface area contributed by atoms with E-state index in [1.165, 1.54) is 15.5 Å². The molecule has 0 aliphatic rings. The molecule has 1 amide bonds. The van der Waals surface area contributed by atoms with E-state index in [1.807, 2.05) is 0 Å². The monoisotopic (exact) mass is 464 g/mol. The molecule has 0 spiro atoms. The largest absolute Gasteiger partial charge is 0.287 e. The fourth-order valence-corrected chi connectivity index (χ4v) is 4.03. The van der Waals surface area contributed by atoms with E-state index in [-0.39, 0.29) is 18.7 Å². The fourth-order valence-electron chi connectivity index (χ4n) is 2.38. The minimum absolute atomic E-state index is 0.106. The minimum atomic E-state index is -4.97. The van der Waals surface area contributed by atoms with Gasteiger partial charge >= 0.3 is 0 Å². The molecule has 1 aromatic heterocycles. The lowest BCUT2D eigenvalue weighted by Gasteiger charge is -2.07. The van der Waals surface area contributed by atoms with Gasteiger partial charge < -0.3 is 0 Å². The van der Waals surface area contributed by atoms with Crippen LogP contribution >= 0.6 is 23.2 Å². The molecule has 0 atom stereocenters. The topological polar surface area (TPSA) is 94.0 Å². The summed E-state index contributed by atoms with van der Waals surface area (Å²) in [7, 11) is -4.97. The Morgan fingerprint density at radius 1 is 1.03 bits per heavy atom. The molecule has 0 saturated carbocycles. The average molecular weight is 465 g/mol. The van der Waals surface area contributed by atoms with E-state index >= 15 is 0 Å². The van der Waals surface area contributed by atoms with Crippen LogP contribution in [0.5, 0.6) is 0 Å². The highest BCUT2D eigenvalue weighted by Gasteiger charge is 2.28. The molecule has 0 aliphatic heterocycles. The smallest absolute Gasteiger partial charge is 0.266 e. The molecular formula is C16H9Cl2F3N4O3S. The Balaban J connectivity index is 1.80. The molecule has 13 heteroatoms. The van der Waals surface area contributed by atoms with Crippen molar-refractivity contribution in [3.05, 3.63) is 75.3 Å². The van der Waals surface area contributed by atoms with Crippen LogP contribution in [0.2, 0.25) is 10.0 Å². The van der Waals surface area contributed by atoms with Crippen molar-refractivity contribution < 1.29 is 26.4 Å². The van der Waals surface area contributed by atoms with Gasteiger partial charge in [0.1, 0.15) is 17.5 Å². The third-order valence-electron chi connectivity index (χ3n) is 3.50. The summed E-state index contributed by atoms with van der Waals surface area (Å²) in [4.78, 5) is 10.6. The maximum absolute atomic E-state index is 13.7. The van der Waals surface area contributed by atoms with Gasteiger partial charge in [0.25, 0.3) is 15.9 Å². The number of aromatic nitrogens is 3. The first kappa shape index (κ1) is 21.1. The SMILES string of the molecule is O=C(NS(=O)(=O)c1c(F)cc(F)cc1F)c1cn(Cc2cc(Cl)cc(Cl)c2)nn1. The van der Waals surface area contributed by atoms with Crippen LogP contribution in [0.25, 0.3) is 0 Å². The van der Waals surface area contributed by atoms with Gasteiger partial charge in [-0.3, -0.25) is 4.79 Å². The third kappa shape index (κ3) is 4.86. The van der Waals surface area contributed by atoms with Crippen molar-refractivity contribution in [3.8, 4) is 0 Å². The van der Waals surface area contributed by atoms with E-state index in [0.717, 1.165) is 6.20 Å². The maximum Gasteiger partial charge on any atom is 0.287 e. The van der Waals surface area contributed by atoms with Gasteiger partial charge in [-0.15, -0.1) is 5.10 Å². The molecule has 7 nitrogen and oxygen atoms in total. The Hall–Kier alpha value is -2.63. The zero-order chi connectivity index (χ0) is 21.3. The van der Waals surface area contributed by atoms with E-state index in [0.29, 0.717) is 15.6 Å².